The van der Waals surface area contributed by atoms with Gasteiger partial charge in [-0.1, -0.05) is 30.3 Å². The van der Waals surface area contributed by atoms with E-state index in [1.54, 1.807) is 10.4 Å². The van der Waals surface area contributed by atoms with Gasteiger partial charge in [-0.25, -0.2) is 0 Å². The number of rotatable bonds is 4. The van der Waals surface area contributed by atoms with Crippen molar-refractivity contribution in [2.75, 3.05) is 0 Å². The van der Waals surface area contributed by atoms with Crippen molar-refractivity contribution in [3.63, 3.8) is 0 Å². The summed E-state index contributed by atoms with van der Waals surface area (Å²) < 4.78 is 0. The molecule has 0 radical (unpaired) electrons. The Labute approximate surface area is 113 Å². The van der Waals surface area contributed by atoms with E-state index in [9.17, 15) is 0 Å². The van der Waals surface area contributed by atoms with Crippen LogP contribution in [-0.4, -0.2) is 0 Å². The van der Waals surface area contributed by atoms with E-state index in [4.69, 9.17) is 0 Å². The normalized spacial score (nSPS) is 15.6. The highest BCUT2D eigenvalue weighted by Crippen LogP contribution is 2.30. The Morgan fingerprint density at radius 3 is 2.83 bits per heavy atom. The third-order valence-electron chi connectivity index (χ3n) is 3.68. The molecule has 1 N–H and O–H groups in total. The zero-order chi connectivity index (χ0) is 12.4. The molecule has 0 saturated carbocycles. The lowest BCUT2D eigenvalue weighted by Crippen LogP contribution is -2.17. The molecular weight excluding hydrogens is 238 g/mol. The Kier molecular flexibility index (Phi) is 3.48. The first-order valence-corrected chi connectivity index (χ1v) is 7.53. The van der Waals surface area contributed by atoms with Crippen LogP contribution < -0.4 is 5.32 Å². The smallest absolute Gasteiger partial charge is 0.0305 e. The highest BCUT2D eigenvalue weighted by molar-refractivity contribution is 7.12. The minimum absolute atomic E-state index is 0.420. The predicted octanol–water partition coefficient (Wildman–Crippen LogP) is 4.09. The second kappa shape index (κ2) is 5.25. The molecule has 1 aliphatic carbocycles. The Morgan fingerprint density at radius 2 is 2.06 bits per heavy atom. The Morgan fingerprint density at radius 1 is 1.22 bits per heavy atom. The van der Waals surface area contributed by atoms with Crippen LogP contribution in [-0.2, 0) is 19.4 Å². The molecule has 3 rings (SSSR count). The second-order valence-corrected chi connectivity index (χ2v) is 6.25. The first kappa shape index (κ1) is 11.9. The van der Waals surface area contributed by atoms with Crippen molar-refractivity contribution in [3.05, 3.63) is 57.3 Å². The van der Waals surface area contributed by atoms with Gasteiger partial charge >= 0.3 is 0 Å². The lowest BCUT2D eigenvalue weighted by molar-refractivity contribution is 0.578. The van der Waals surface area contributed by atoms with Gasteiger partial charge in [-0.15, -0.1) is 11.3 Å². The first-order valence-electron chi connectivity index (χ1n) is 6.72. The summed E-state index contributed by atoms with van der Waals surface area (Å²) in [4.78, 5) is 3.11. The zero-order valence-electron chi connectivity index (χ0n) is 10.8. The van der Waals surface area contributed by atoms with Crippen LogP contribution in [0, 0.1) is 0 Å². The van der Waals surface area contributed by atoms with Crippen molar-refractivity contribution < 1.29 is 0 Å². The molecule has 1 heterocycles. The summed E-state index contributed by atoms with van der Waals surface area (Å²) in [6.45, 7) is 3.23. The quantitative estimate of drug-likeness (QED) is 0.870. The van der Waals surface area contributed by atoms with E-state index in [0.29, 0.717) is 6.04 Å². The maximum Gasteiger partial charge on any atom is 0.0305 e. The number of hydrogen-bond acceptors (Lipinski definition) is 2. The highest BCUT2D eigenvalue weighted by Gasteiger charge is 2.14. The summed E-state index contributed by atoms with van der Waals surface area (Å²) in [5.74, 6) is 0. The largest absolute Gasteiger partial charge is 0.305 e. The fourth-order valence-corrected chi connectivity index (χ4v) is 3.80. The van der Waals surface area contributed by atoms with Gasteiger partial charge in [-0.2, -0.15) is 0 Å². The SMILES string of the molecule is CC(NCc1cc2c(s1)CCC2)c1ccccc1. The van der Waals surface area contributed by atoms with Crippen LogP contribution in [0.2, 0.25) is 0 Å². The summed E-state index contributed by atoms with van der Waals surface area (Å²) in [5, 5.41) is 3.61. The number of aryl methyl sites for hydroxylation is 2. The van der Waals surface area contributed by atoms with Gasteiger partial charge in [-0.05, 0) is 43.4 Å². The van der Waals surface area contributed by atoms with Crippen LogP contribution in [0.1, 0.15) is 40.3 Å². The number of nitrogens with one attached hydrogen (secondary N) is 1. The number of hydrogen-bond donors (Lipinski definition) is 1. The molecule has 1 aromatic carbocycles. The standard InChI is InChI=1S/C16H19NS/c1-12(13-6-3-2-4-7-13)17-11-15-10-14-8-5-9-16(14)18-15/h2-4,6-7,10,12,17H,5,8-9,11H2,1H3. The van der Waals surface area contributed by atoms with Crippen LogP contribution in [0.3, 0.4) is 0 Å². The van der Waals surface area contributed by atoms with Crippen LogP contribution in [0.5, 0.6) is 0 Å². The van der Waals surface area contributed by atoms with Gasteiger partial charge in [0.25, 0.3) is 0 Å². The summed E-state index contributed by atoms with van der Waals surface area (Å²) in [6, 6.07) is 13.5. The predicted molar refractivity (Wildman–Crippen MR) is 78.0 cm³/mol. The van der Waals surface area contributed by atoms with Crippen molar-refractivity contribution in [2.45, 2.75) is 38.8 Å². The molecule has 1 atom stereocenters. The van der Waals surface area contributed by atoms with Crippen LogP contribution >= 0.6 is 11.3 Å². The molecule has 1 nitrogen and oxygen atoms in total. The van der Waals surface area contributed by atoms with Crippen molar-refractivity contribution in [3.8, 4) is 0 Å². The lowest BCUT2D eigenvalue weighted by atomic mass is 10.1. The minimum Gasteiger partial charge on any atom is -0.305 e. The molecule has 0 spiro atoms. The van der Waals surface area contributed by atoms with E-state index in [2.05, 4.69) is 48.6 Å². The number of thiophene rings is 1. The van der Waals surface area contributed by atoms with Crippen molar-refractivity contribution in [2.24, 2.45) is 0 Å². The van der Waals surface area contributed by atoms with Gasteiger partial charge in [0.15, 0.2) is 0 Å². The summed E-state index contributed by atoms with van der Waals surface area (Å²) in [5.41, 5.74) is 2.96. The van der Waals surface area contributed by atoms with Gasteiger partial charge in [0.1, 0.15) is 0 Å². The fraction of sp³-hybridized carbons (Fsp3) is 0.375. The third-order valence-corrected chi connectivity index (χ3v) is 4.92. The molecule has 0 amide bonds. The maximum atomic E-state index is 3.61. The summed E-state index contributed by atoms with van der Waals surface area (Å²) in [6.07, 6.45) is 3.95. The van der Waals surface area contributed by atoms with Crippen molar-refractivity contribution in [1.29, 1.82) is 0 Å². The van der Waals surface area contributed by atoms with E-state index in [0.717, 1.165) is 6.54 Å². The molecule has 0 saturated heterocycles. The molecule has 1 aliphatic rings. The molecule has 1 unspecified atom stereocenters. The first-order chi connectivity index (χ1) is 8.83. The zero-order valence-corrected chi connectivity index (χ0v) is 11.6. The average molecular weight is 257 g/mol. The molecule has 1 aromatic heterocycles. The van der Waals surface area contributed by atoms with E-state index in [-0.39, 0.29) is 0 Å². The molecule has 2 aromatic rings. The van der Waals surface area contributed by atoms with E-state index < -0.39 is 0 Å². The minimum atomic E-state index is 0.420. The van der Waals surface area contributed by atoms with Gasteiger partial charge in [0, 0.05) is 22.3 Å². The monoisotopic (exact) mass is 257 g/mol. The average Bonchev–Trinajstić information content (AvgIpc) is 2.97. The van der Waals surface area contributed by atoms with Crippen LogP contribution in [0.4, 0.5) is 0 Å². The lowest BCUT2D eigenvalue weighted by Gasteiger charge is -2.13. The fourth-order valence-electron chi connectivity index (χ4n) is 2.59. The second-order valence-electron chi connectivity index (χ2n) is 5.03. The van der Waals surface area contributed by atoms with Gasteiger partial charge in [-0.3, -0.25) is 0 Å². The molecule has 0 bridgehead atoms. The molecule has 18 heavy (non-hydrogen) atoms. The molecule has 0 aliphatic heterocycles. The van der Waals surface area contributed by atoms with Crippen molar-refractivity contribution >= 4 is 11.3 Å². The van der Waals surface area contributed by atoms with E-state index in [1.165, 1.54) is 29.7 Å². The van der Waals surface area contributed by atoms with Gasteiger partial charge in [0.05, 0.1) is 0 Å². The molecule has 2 heteroatoms. The van der Waals surface area contributed by atoms with Gasteiger partial charge in [0.2, 0.25) is 0 Å². The Balaban J connectivity index is 1.60. The van der Waals surface area contributed by atoms with Crippen LogP contribution in [0.15, 0.2) is 36.4 Å². The molecular formula is C16H19NS. The van der Waals surface area contributed by atoms with Gasteiger partial charge < -0.3 is 5.32 Å². The maximum absolute atomic E-state index is 3.61. The summed E-state index contributed by atoms with van der Waals surface area (Å²) >= 11 is 2.00. The number of fused-ring (bicyclic) bond motifs is 1. The molecule has 0 fully saturated rings. The Hall–Kier alpha value is -1.12. The number of benzene rings is 1. The highest BCUT2D eigenvalue weighted by atomic mass is 32.1. The van der Waals surface area contributed by atoms with E-state index >= 15 is 0 Å². The Bertz CT molecular complexity index is 494. The van der Waals surface area contributed by atoms with Crippen LogP contribution in [0.25, 0.3) is 0 Å². The third kappa shape index (κ3) is 2.50. The van der Waals surface area contributed by atoms with E-state index in [1.807, 2.05) is 11.3 Å². The topological polar surface area (TPSA) is 12.0 Å². The summed E-state index contributed by atoms with van der Waals surface area (Å²) in [7, 11) is 0. The molecule has 94 valence electrons. The van der Waals surface area contributed by atoms with Crippen molar-refractivity contribution in [1.82, 2.24) is 5.32 Å².